The first-order valence-electron chi connectivity index (χ1n) is 6.16. The van der Waals surface area contributed by atoms with E-state index >= 15 is 0 Å². The van der Waals surface area contributed by atoms with Gasteiger partial charge in [-0.2, -0.15) is 0 Å². The van der Waals surface area contributed by atoms with Crippen LogP contribution in [0.4, 0.5) is 17.2 Å². The molecule has 0 saturated carbocycles. The van der Waals surface area contributed by atoms with Gasteiger partial charge >= 0.3 is 0 Å². The van der Waals surface area contributed by atoms with E-state index in [0.717, 1.165) is 30.9 Å². The molecule has 2 aromatic rings. The van der Waals surface area contributed by atoms with Gasteiger partial charge in [-0.1, -0.05) is 18.2 Å². The number of rotatable bonds is 2. The average Bonchev–Trinajstić information content (AvgIpc) is 2.47. The van der Waals surface area contributed by atoms with Gasteiger partial charge in [0.15, 0.2) is 0 Å². The number of nitrogens with one attached hydrogen (secondary N) is 1. The minimum absolute atomic E-state index is 0.823. The van der Waals surface area contributed by atoms with E-state index in [-0.39, 0.29) is 0 Å². The third-order valence-corrected chi connectivity index (χ3v) is 3.30. The Bertz CT molecular complexity index is 536. The monoisotopic (exact) mass is 240 g/mol. The number of nitrogens with zero attached hydrogens (tertiary/aromatic N) is 2. The van der Waals surface area contributed by atoms with Crippen molar-refractivity contribution in [2.24, 2.45) is 5.84 Å². The number of benzene rings is 1. The molecular formula is C14H16N4. The second kappa shape index (κ2) is 4.66. The number of fused-ring (bicyclic) bond motifs is 1. The second-order valence-corrected chi connectivity index (χ2v) is 4.43. The third-order valence-electron chi connectivity index (χ3n) is 3.30. The zero-order valence-corrected chi connectivity index (χ0v) is 10.1. The van der Waals surface area contributed by atoms with Crippen molar-refractivity contribution in [3.63, 3.8) is 0 Å². The van der Waals surface area contributed by atoms with Crippen molar-refractivity contribution in [1.82, 2.24) is 4.98 Å². The molecular weight excluding hydrogens is 224 g/mol. The molecule has 0 fully saturated rings. The van der Waals surface area contributed by atoms with E-state index in [1.807, 2.05) is 12.1 Å². The summed E-state index contributed by atoms with van der Waals surface area (Å²) in [5, 5.41) is 0. The van der Waals surface area contributed by atoms with Gasteiger partial charge in [0.1, 0.15) is 5.82 Å². The number of hydrazine groups is 1. The lowest BCUT2D eigenvalue weighted by Crippen LogP contribution is -2.25. The van der Waals surface area contributed by atoms with Crippen LogP contribution in [0.25, 0.3) is 0 Å². The Hall–Kier alpha value is -2.07. The molecule has 1 aromatic carbocycles. The van der Waals surface area contributed by atoms with Crippen LogP contribution < -0.4 is 16.2 Å². The van der Waals surface area contributed by atoms with Gasteiger partial charge in [0.05, 0.1) is 11.9 Å². The van der Waals surface area contributed by atoms with Gasteiger partial charge in [0.2, 0.25) is 0 Å². The molecule has 0 spiro atoms. The van der Waals surface area contributed by atoms with Crippen molar-refractivity contribution in [1.29, 1.82) is 0 Å². The van der Waals surface area contributed by atoms with E-state index in [1.54, 1.807) is 6.20 Å². The van der Waals surface area contributed by atoms with Gasteiger partial charge in [-0.15, -0.1) is 0 Å². The molecule has 0 aliphatic carbocycles. The first-order chi connectivity index (χ1) is 8.88. The predicted molar refractivity (Wildman–Crippen MR) is 73.8 cm³/mol. The number of aryl methyl sites for hydroxylation is 1. The quantitative estimate of drug-likeness (QED) is 0.625. The number of anilines is 3. The SMILES string of the molecule is NNc1ccc(N2CCCc3ccccc32)nc1. The summed E-state index contributed by atoms with van der Waals surface area (Å²) in [6.45, 7) is 1.01. The largest absolute Gasteiger partial charge is 0.326 e. The van der Waals surface area contributed by atoms with Crippen LogP contribution in [0.3, 0.4) is 0 Å². The highest BCUT2D eigenvalue weighted by Gasteiger charge is 2.18. The summed E-state index contributed by atoms with van der Waals surface area (Å²) in [7, 11) is 0. The Morgan fingerprint density at radius 3 is 2.83 bits per heavy atom. The highest BCUT2D eigenvalue weighted by molar-refractivity contribution is 5.66. The number of nitrogens with two attached hydrogens (primary N) is 1. The van der Waals surface area contributed by atoms with Crippen molar-refractivity contribution < 1.29 is 0 Å². The van der Waals surface area contributed by atoms with Crippen LogP contribution in [0.2, 0.25) is 0 Å². The van der Waals surface area contributed by atoms with Crippen LogP contribution in [0.1, 0.15) is 12.0 Å². The number of aromatic nitrogens is 1. The lowest BCUT2D eigenvalue weighted by atomic mass is 10.0. The minimum atomic E-state index is 0.823. The minimum Gasteiger partial charge on any atom is -0.326 e. The van der Waals surface area contributed by atoms with E-state index < -0.39 is 0 Å². The number of nitrogen functional groups attached to an aromatic ring is 1. The van der Waals surface area contributed by atoms with Crippen molar-refractivity contribution in [3.05, 3.63) is 48.2 Å². The highest BCUT2D eigenvalue weighted by atomic mass is 15.2. The number of hydrogen-bond acceptors (Lipinski definition) is 4. The Balaban J connectivity index is 1.97. The summed E-state index contributed by atoms with van der Waals surface area (Å²) in [5.74, 6) is 6.32. The maximum atomic E-state index is 5.35. The molecule has 0 unspecified atom stereocenters. The molecule has 1 aromatic heterocycles. The van der Waals surface area contributed by atoms with Crippen molar-refractivity contribution >= 4 is 17.2 Å². The summed E-state index contributed by atoms with van der Waals surface area (Å²) in [5.41, 5.74) is 6.08. The Kier molecular flexibility index (Phi) is 2.86. The summed E-state index contributed by atoms with van der Waals surface area (Å²) in [6.07, 6.45) is 4.07. The number of pyridine rings is 1. The fraction of sp³-hybridized carbons (Fsp3) is 0.214. The summed E-state index contributed by atoms with van der Waals surface area (Å²) >= 11 is 0. The molecule has 1 aliphatic heterocycles. The van der Waals surface area contributed by atoms with E-state index in [4.69, 9.17) is 5.84 Å². The smallest absolute Gasteiger partial charge is 0.133 e. The lowest BCUT2D eigenvalue weighted by Gasteiger charge is -2.30. The molecule has 0 atom stereocenters. The fourth-order valence-electron chi connectivity index (χ4n) is 2.40. The molecule has 0 amide bonds. The molecule has 18 heavy (non-hydrogen) atoms. The van der Waals surface area contributed by atoms with E-state index in [9.17, 15) is 0 Å². The van der Waals surface area contributed by atoms with Gasteiger partial charge in [-0.3, -0.25) is 5.84 Å². The molecule has 4 nitrogen and oxygen atoms in total. The van der Waals surface area contributed by atoms with Gasteiger partial charge in [-0.25, -0.2) is 4.98 Å². The molecule has 3 rings (SSSR count). The summed E-state index contributed by atoms with van der Waals surface area (Å²) in [6, 6.07) is 12.5. The topological polar surface area (TPSA) is 54.2 Å². The van der Waals surface area contributed by atoms with E-state index in [1.165, 1.54) is 11.3 Å². The van der Waals surface area contributed by atoms with Crippen LogP contribution in [0.15, 0.2) is 42.6 Å². The molecule has 1 aliphatic rings. The van der Waals surface area contributed by atoms with Crippen molar-refractivity contribution in [2.75, 3.05) is 16.9 Å². The Morgan fingerprint density at radius 2 is 2.06 bits per heavy atom. The molecule has 0 bridgehead atoms. The van der Waals surface area contributed by atoms with Gasteiger partial charge < -0.3 is 10.3 Å². The maximum absolute atomic E-state index is 5.35. The molecule has 0 radical (unpaired) electrons. The first-order valence-corrected chi connectivity index (χ1v) is 6.16. The fourth-order valence-corrected chi connectivity index (χ4v) is 2.40. The predicted octanol–water partition coefficient (Wildman–Crippen LogP) is 2.45. The zero-order chi connectivity index (χ0) is 12.4. The van der Waals surface area contributed by atoms with Crippen LogP contribution in [0, 0.1) is 0 Å². The lowest BCUT2D eigenvalue weighted by molar-refractivity contribution is 0.760. The normalized spacial score (nSPS) is 14.2. The van der Waals surface area contributed by atoms with Crippen LogP contribution in [-0.2, 0) is 6.42 Å². The molecule has 4 heteroatoms. The van der Waals surface area contributed by atoms with Crippen LogP contribution in [-0.4, -0.2) is 11.5 Å². The Labute approximate surface area is 106 Å². The van der Waals surface area contributed by atoms with Gasteiger partial charge in [0.25, 0.3) is 0 Å². The molecule has 3 N–H and O–H groups in total. The first kappa shape index (κ1) is 11.0. The second-order valence-electron chi connectivity index (χ2n) is 4.43. The van der Waals surface area contributed by atoms with Crippen molar-refractivity contribution in [3.8, 4) is 0 Å². The van der Waals surface area contributed by atoms with Crippen LogP contribution in [0.5, 0.6) is 0 Å². The number of para-hydroxylation sites is 1. The maximum Gasteiger partial charge on any atom is 0.133 e. The van der Waals surface area contributed by atoms with Crippen LogP contribution >= 0.6 is 0 Å². The van der Waals surface area contributed by atoms with E-state index in [2.05, 4.69) is 39.6 Å². The highest BCUT2D eigenvalue weighted by Crippen LogP contribution is 2.32. The van der Waals surface area contributed by atoms with E-state index in [0.29, 0.717) is 0 Å². The molecule has 92 valence electrons. The summed E-state index contributed by atoms with van der Waals surface area (Å²) in [4.78, 5) is 6.72. The third kappa shape index (κ3) is 1.91. The van der Waals surface area contributed by atoms with Gasteiger partial charge in [0, 0.05) is 12.2 Å². The van der Waals surface area contributed by atoms with Gasteiger partial charge in [-0.05, 0) is 36.6 Å². The standard InChI is InChI=1S/C14H16N4/c15-17-12-7-8-14(16-10-12)18-9-3-5-11-4-1-2-6-13(11)18/h1-2,4,6-8,10,17H,3,5,9,15H2. The number of hydrogen-bond donors (Lipinski definition) is 2. The average molecular weight is 240 g/mol. The Morgan fingerprint density at radius 1 is 1.17 bits per heavy atom. The zero-order valence-electron chi connectivity index (χ0n) is 10.1. The molecule has 0 saturated heterocycles. The van der Waals surface area contributed by atoms with Crippen molar-refractivity contribution in [2.45, 2.75) is 12.8 Å². The molecule has 2 heterocycles. The summed E-state index contributed by atoms with van der Waals surface area (Å²) < 4.78 is 0.